The minimum absolute atomic E-state index is 0.120. The number of amides is 1. The predicted molar refractivity (Wildman–Crippen MR) is 118 cm³/mol. The third kappa shape index (κ3) is 3.70. The van der Waals surface area contributed by atoms with E-state index >= 15 is 0 Å². The van der Waals surface area contributed by atoms with E-state index in [2.05, 4.69) is 4.98 Å². The fourth-order valence-electron chi connectivity index (χ4n) is 3.54. The van der Waals surface area contributed by atoms with E-state index in [1.807, 2.05) is 0 Å². The number of anilines is 1. The van der Waals surface area contributed by atoms with Crippen molar-refractivity contribution in [2.75, 3.05) is 12.0 Å². The summed E-state index contributed by atoms with van der Waals surface area (Å²) in [6.45, 7) is 0. The molecule has 1 amide bonds. The van der Waals surface area contributed by atoms with Crippen molar-refractivity contribution < 1.29 is 23.8 Å². The third-order valence-corrected chi connectivity index (χ3v) is 5.67. The monoisotopic (exact) mass is 472 g/mol. The highest BCUT2D eigenvalue weighted by atomic mass is 35.5. The van der Waals surface area contributed by atoms with Crippen molar-refractivity contribution in [1.29, 1.82) is 0 Å². The fourth-order valence-corrected chi connectivity index (χ4v) is 3.93. The van der Waals surface area contributed by atoms with Gasteiger partial charge < -0.3 is 9.84 Å². The van der Waals surface area contributed by atoms with Gasteiger partial charge in [0, 0.05) is 23.6 Å². The number of Topliss-reactive ketones (excluding diaryl/α,β-unsaturated/α-hetero) is 1. The number of aliphatic hydroxyl groups is 1. The Morgan fingerprint density at radius 1 is 1.12 bits per heavy atom. The molecule has 162 valence electrons. The van der Waals surface area contributed by atoms with Crippen molar-refractivity contribution in [2.45, 2.75) is 6.04 Å². The average Bonchev–Trinajstić information content (AvgIpc) is 3.07. The molecule has 0 aliphatic carbocycles. The van der Waals surface area contributed by atoms with Crippen LogP contribution >= 0.6 is 23.2 Å². The number of hydrogen-bond donors (Lipinski definition) is 1. The van der Waals surface area contributed by atoms with Crippen LogP contribution < -0.4 is 9.64 Å². The van der Waals surface area contributed by atoms with E-state index in [-0.39, 0.29) is 26.9 Å². The molecular weight excluding hydrogens is 458 g/mol. The number of hydrogen-bond acceptors (Lipinski definition) is 5. The number of rotatable bonds is 4. The minimum atomic E-state index is -1.05. The standard InChI is InChI=1S/C23H15Cl2FN2O4/c1-32-14-5-6-16(24)15(10-14)21(29)19-20(12-3-2-8-27-11-12)28(23(31)22(19)30)13-4-7-18(26)17(25)9-13/h2-11,20,29H,1H3/b21-19+. The van der Waals surface area contributed by atoms with Gasteiger partial charge >= 0.3 is 0 Å². The molecule has 1 atom stereocenters. The Kier molecular flexibility index (Phi) is 5.86. The number of benzene rings is 2. The van der Waals surface area contributed by atoms with Crippen LogP contribution in [0.4, 0.5) is 10.1 Å². The van der Waals surface area contributed by atoms with Crippen LogP contribution in [0.3, 0.4) is 0 Å². The summed E-state index contributed by atoms with van der Waals surface area (Å²) in [5, 5.41) is 11.1. The van der Waals surface area contributed by atoms with E-state index in [9.17, 15) is 19.1 Å². The van der Waals surface area contributed by atoms with Crippen LogP contribution in [0.1, 0.15) is 17.2 Å². The van der Waals surface area contributed by atoms with E-state index in [1.54, 1.807) is 18.2 Å². The van der Waals surface area contributed by atoms with Crippen LogP contribution in [0.25, 0.3) is 5.76 Å². The molecule has 2 aromatic carbocycles. The van der Waals surface area contributed by atoms with Crippen molar-refractivity contribution in [2.24, 2.45) is 0 Å². The zero-order chi connectivity index (χ0) is 23.0. The molecule has 0 spiro atoms. The topological polar surface area (TPSA) is 79.7 Å². The number of carbonyl (C=O) groups is 2. The molecule has 3 aromatic rings. The number of aromatic nitrogens is 1. The molecule has 1 unspecified atom stereocenters. The molecule has 1 aromatic heterocycles. The maximum atomic E-state index is 13.7. The van der Waals surface area contributed by atoms with E-state index < -0.39 is 29.3 Å². The van der Waals surface area contributed by atoms with Crippen molar-refractivity contribution in [3.05, 3.63) is 93.5 Å². The van der Waals surface area contributed by atoms with Crippen LogP contribution in [0.5, 0.6) is 5.75 Å². The highest BCUT2D eigenvalue weighted by Crippen LogP contribution is 2.43. The Balaban J connectivity index is 1.97. The Labute approximate surface area is 192 Å². The normalized spacial score (nSPS) is 17.6. The predicted octanol–water partition coefficient (Wildman–Crippen LogP) is 5.16. The van der Waals surface area contributed by atoms with Crippen molar-refractivity contribution in [3.63, 3.8) is 0 Å². The van der Waals surface area contributed by atoms with E-state index in [1.165, 1.54) is 43.8 Å². The maximum Gasteiger partial charge on any atom is 0.300 e. The molecule has 1 aliphatic heterocycles. The Morgan fingerprint density at radius 2 is 1.91 bits per heavy atom. The first kappa shape index (κ1) is 21.8. The second-order valence-electron chi connectivity index (χ2n) is 6.90. The lowest BCUT2D eigenvalue weighted by molar-refractivity contribution is -0.132. The van der Waals surface area contributed by atoms with Crippen molar-refractivity contribution in [1.82, 2.24) is 4.98 Å². The van der Waals surface area contributed by atoms with Crippen LogP contribution in [-0.2, 0) is 9.59 Å². The van der Waals surface area contributed by atoms with E-state index in [4.69, 9.17) is 27.9 Å². The second kappa shape index (κ2) is 8.61. The van der Waals surface area contributed by atoms with Gasteiger partial charge in [0.25, 0.3) is 11.7 Å². The highest BCUT2D eigenvalue weighted by Gasteiger charge is 2.47. The molecule has 1 fully saturated rings. The van der Waals surface area contributed by atoms with Gasteiger partial charge in [0.1, 0.15) is 17.3 Å². The summed E-state index contributed by atoms with van der Waals surface area (Å²) >= 11 is 12.2. The van der Waals surface area contributed by atoms with E-state index in [0.29, 0.717) is 11.3 Å². The molecule has 1 N–H and O–H groups in total. The Hall–Kier alpha value is -3.42. The van der Waals surface area contributed by atoms with Crippen LogP contribution in [0.15, 0.2) is 66.5 Å². The van der Waals surface area contributed by atoms with Gasteiger partial charge in [-0.1, -0.05) is 29.3 Å². The van der Waals surface area contributed by atoms with Gasteiger partial charge in [-0.05, 0) is 48.0 Å². The molecular formula is C23H15Cl2FN2O4. The Morgan fingerprint density at radius 3 is 2.56 bits per heavy atom. The average molecular weight is 473 g/mol. The number of ether oxygens (including phenoxy) is 1. The summed E-state index contributed by atoms with van der Waals surface area (Å²) in [4.78, 5) is 31.4. The molecule has 9 heteroatoms. The summed E-state index contributed by atoms with van der Waals surface area (Å²) < 4.78 is 18.9. The van der Waals surface area contributed by atoms with Gasteiger partial charge in [-0.2, -0.15) is 0 Å². The summed E-state index contributed by atoms with van der Waals surface area (Å²) in [7, 11) is 1.44. The van der Waals surface area contributed by atoms with Crippen LogP contribution in [0, 0.1) is 5.82 Å². The molecule has 1 aliphatic rings. The van der Waals surface area contributed by atoms with Crippen molar-refractivity contribution >= 4 is 46.3 Å². The number of methoxy groups -OCH3 is 1. The molecule has 32 heavy (non-hydrogen) atoms. The highest BCUT2D eigenvalue weighted by molar-refractivity contribution is 6.52. The zero-order valence-corrected chi connectivity index (χ0v) is 18.1. The van der Waals surface area contributed by atoms with Gasteiger partial charge in [-0.3, -0.25) is 19.5 Å². The summed E-state index contributed by atoms with van der Waals surface area (Å²) in [5.74, 6) is -2.60. The zero-order valence-electron chi connectivity index (χ0n) is 16.6. The number of halogens is 3. The van der Waals surface area contributed by atoms with Gasteiger partial charge in [-0.25, -0.2) is 4.39 Å². The lowest BCUT2D eigenvalue weighted by atomic mass is 9.96. The van der Waals surface area contributed by atoms with Crippen LogP contribution in [0.2, 0.25) is 10.0 Å². The first-order chi connectivity index (χ1) is 15.3. The quantitative estimate of drug-likeness (QED) is 0.322. The molecule has 0 bridgehead atoms. The minimum Gasteiger partial charge on any atom is -0.507 e. The molecule has 0 radical (unpaired) electrons. The van der Waals surface area contributed by atoms with Gasteiger partial charge in [-0.15, -0.1) is 0 Å². The summed E-state index contributed by atoms with van der Waals surface area (Å²) in [5.41, 5.74) is 0.560. The largest absolute Gasteiger partial charge is 0.507 e. The molecule has 1 saturated heterocycles. The Bertz CT molecular complexity index is 1260. The summed E-state index contributed by atoms with van der Waals surface area (Å²) in [6, 6.07) is 10.5. The number of pyridine rings is 1. The molecule has 0 saturated carbocycles. The number of carbonyl (C=O) groups excluding carboxylic acids is 2. The van der Waals surface area contributed by atoms with Gasteiger partial charge in [0.05, 0.1) is 28.8 Å². The molecule has 4 rings (SSSR count). The van der Waals surface area contributed by atoms with Gasteiger partial charge in [0.2, 0.25) is 0 Å². The first-order valence-electron chi connectivity index (χ1n) is 9.33. The first-order valence-corrected chi connectivity index (χ1v) is 10.1. The SMILES string of the molecule is COc1ccc(Cl)c(/C(O)=C2\C(=O)C(=O)N(c3ccc(F)c(Cl)c3)C2c2cccnc2)c1. The van der Waals surface area contributed by atoms with Crippen molar-refractivity contribution in [3.8, 4) is 5.75 Å². The maximum absolute atomic E-state index is 13.7. The fraction of sp³-hybridized carbons (Fsp3) is 0.0870. The molecule has 2 heterocycles. The number of aliphatic hydroxyl groups excluding tert-OH is 1. The molecule has 6 nitrogen and oxygen atoms in total. The third-order valence-electron chi connectivity index (χ3n) is 5.05. The summed E-state index contributed by atoms with van der Waals surface area (Å²) in [6.07, 6.45) is 3.00. The second-order valence-corrected chi connectivity index (χ2v) is 7.71. The van der Waals surface area contributed by atoms with E-state index in [0.717, 1.165) is 11.0 Å². The van der Waals surface area contributed by atoms with Crippen LogP contribution in [-0.4, -0.2) is 28.9 Å². The lowest BCUT2D eigenvalue weighted by Crippen LogP contribution is -2.29. The number of nitrogens with zero attached hydrogens (tertiary/aromatic N) is 2. The lowest BCUT2D eigenvalue weighted by Gasteiger charge is -2.25. The number of ketones is 1. The van der Waals surface area contributed by atoms with Gasteiger partial charge in [0.15, 0.2) is 0 Å². The smallest absolute Gasteiger partial charge is 0.300 e.